The highest BCUT2D eigenvalue weighted by molar-refractivity contribution is 4.91. The van der Waals surface area contributed by atoms with E-state index in [9.17, 15) is 0 Å². The third-order valence-electron chi connectivity index (χ3n) is 4.45. The Morgan fingerprint density at radius 3 is 2.90 bits per heavy atom. The lowest BCUT2D eigenvalue weighted by Gasteiger charge is -2.35. The first-order chi connectivity index (χ1) is 9.74. The molecule has 0 aromatic carbocycles. The SMILES string of the molecule is CC(C)n1ncnc1CN1CCCCC1CNC1CC1. The molecule has 1 saturated carbocycles. The average molecular weight is 277 g/mol. The van der Waals surface area contributed by atoms with Crippen LogP contribution in [-0.2, 0) is 6.54 Å². The minimum Gasteiger partial charge on any atom is -0.312 e. The lowest BCUT2D eigenvalue weighted by Crippen LogP contribution is -2.45. The van der Waals surface area contributed by atoms with E-state index < -0.39 is 0 Å². The lowest BCUT2D eigenvalue weighted by molar-refractivity contribution is 0.131. The molecule has 5 nitrogen and oxygen atoms in total. The Morgan fingerprint density at radius 1 is 1.30 bits per heavy atom. The van der Waals surface area contributed by atoms with E-state index in [1.807, 2.05) is 0 Å². The van der Waals surface area contributed by atoms with Gasteiger partial charge in [0, 0.05) is 24.7 Å². The number of piperidine rings is 1. The van der Waals surface area contributed by atoms with Crippen LogP contribution >= 0.6 is 0 Å². The van der Waals surface area contributed by atoms with Crippen LogP contribution < -0.4 is 5.32 Å². The van der Waals surface area contributed by atoms with Crippen LogP contribution in [0.1, 0.15) is 57.8 Å². The van der Waals surface area contributed by atoms with Crippen molar-refractivity contribution in [3.05, 3.63) is 12.2 Å². The summed E-state index contributed by atoms with van der Waals surface area (Å²) in [7, 11) is 0. The molecule has 2 heterocycles. The van der Waals surface area contributed by atoms with E-state index in [0.29, 0.717) is 12.1 Å². The van der Waals surface area contributed by atoms with E-state index in [1.165, 1.54) is 38.6 Å². The molecule has 1 aromatic heterocycles. The number of nitrogens with one attached hydrogen (secondary N) is 1. The number of likely N-dealkylation sites (tertiary alicyclic amines) is 1. The van der Waals surface area contributed by atoms with Gasteiger partial charge in [-0.15, -0.1) is 0 Å². The summed E-state index contributed by atoms with van der Waals surface area (Å²) >= 11 is 0. The Hall–Kier alpha value is -0.940. The molecule has 1 unspecified atom stereocenters. The summed E-state index contributed by atoms with van der Waals surface area (Å²) in [6, 6.07) is 1.86. The number of aromatic nitrogens is 3. The fraction of sp³-hybridized carbons (Fsp3) is 0.867. The summed E-state index contributed by atoms with van der Waals surface area (Å²) in [6.07, 6.45) is 8.43. The zero-order chi connectivity index (χ0) is 13.9. The van der Waals surface area contributed by atoms with Gasteiger partial charge >= 0.3 is 0 Å². The Kier molecular flexibility index (Phi) is 4.36. The number of rotatable bonds is 6. The monoisotopic (exact) mass is 277 g/mol. The summed E-state index contributed by atoms with van der Waals surface area (Å²) < 4.78 is 2.06. The molecule has 1 N–H and O–H groups in total. The minimum absolute atomic E-state index is 0.389. The van der Waals surface area contributed by atoms with Crippen LogP contribution in [0.5, 0.6) is 0 Å². The first-order valence-corrected chi connectivity index (χ1v) is 8.10. The van der Waals surface area contributed by atoms with E-state index >= 15 is 0 Å². The summed E-state index contributed by atoms with van der Waals surface area (Å²) in [4.78, 5) is 7.06. The van der Waals surface area contributed by atoms with Crippen LogP contribution in [0.2, 0.25) is 0 Å². The molecule has 3 rings (SSSR count). The first kappa shape index (κ1) is 14.0. The van der Waals surface area contributed by atoms with Gasteiger partial charge in [-0.25, -0.2) is 9.67 Å². The fourth-order valence-corrected chi connectivity index (χ4v) is 3.09. The molecule has 1 saturated heterocycles. The van der Waals surface area contributed by atoms with Gasteiger partial charge < -0.3 is 5.32 Å². The standard InChI is InChI=1S/C15H27N5/c1-12(2)20-15(17-11-18-20)10-19-8-4-3-5-14(19)9-16-13-6-7-13/h11-14,16H,3-10H2,1-2H3. The molecular weight excluding hydrogens is 250 g/mol. The van der Waals surface area contributed by atoms with E-state index in [4.69, 9.17) is 0 Å². The van der Waals surface area contributed by atoms with Gasteiger partial charge in [-0.05, 0) is 46.1 Å². The van der Waals surface area contributed by atoms with Crippen LogP contribution in [-0.4, -0.2) is 44.8 Å². The number of nitrogens with zero attached hydrogens (tertiary/aromatic N) is 4. The third-order valence-corrected chi connectivity index (χ3v) is 4.45. The molecule has 2 aliphatic rings. The largest absolute Gasteiger partial charge is 0.312 e. The molecule has 1 aliphatic carbocycles. The highest BCUT2D eigenvalue weighted by Gasteiger charge is 2.27. The van der Waals surface area contributed by atoms with Gasteiger partial charge in [0.1, 0.15) is 12.2 Å². The second-order valence-electron chi connectivity index (χ2n) is 6.52. The number of hydrogen-bond donors (Lipinski definition) is 1. The summed E-state index contributed by atoms with van der Waals surface area (Å²) in [5, 5.41) is 8.04. The maximum absolute atomic E-state index is 4.46. The van der Waals surface area contributed by atoms with E-state index in [-0.39, 0.29) is 0 Å². The van der Waals surface area contributed by atoms with Crippen molar-refractivity contribution in [3.8, 4) is 0 Å². The molecule has 1 atom stereocenters. The zero-order valence-electron chi connectivity index (χ0n) is 12.8. The van der Waals surface area contributed by atoms with Crippen molar-refractivity contribution in [2.24, 2.45) is 0 Å². The molecule has 20 heavy (non-hydrogen) atoms. The van der Waals surface area contributed by atoms with Crippen molar-refractivity contribution in [1.29, 1.82) is 0 Å². The predicted molar refractivity (Wildman–Crippen MR) is 79.5 cm³/mol. The van der Waals surface area contributed by atoms with Crippen LogP contribution in [0.15, 0.2) is 6.33 Å². The summed E-state index contributed by atoms with van der Waals surface area (Å²) in [5.74, 6) is 1.11. The molecule has 0 bridgehead atoms. The fourth-order valence-electron chi connectivity index (χ4n) is 3.09. The van der Waals surface area contributed by atoms with Gasteiger partial charge in [0.25, 0.3) is 0 Å². The molecule has 1 aromatic rings. The van der Waals surface area contributed by atoms with Crippen LogP contribution in [0.25, 0.3) is 0 Å². The van der Waals surface area contributed by atoms with E-state index in [1.54, 1.807) is 6.33 Å². The zero-order valence-corrected chi connectivity index (χ0v) is 12.8. The van der Waals surface area contributed by atoms with Gasteiger partial charge in [-0.1, -0.05) is 6.42 Å². The number of hydrogen-bond acceptors (Lipinski definition) is 4. The molecule has 2 fully saturated rings. The maximum atomic E-state index is 4.46. The Balaban J connectivity index is 1.61. The highest BCUT2D eigenvalue weighted by Crippen LogP contribution is 2.22. The third kappa shape index (κ3) is 3.38. The molecule has 0 amide bonds. The van der Waals surface area contributed by atoms with Gasteiger partial charge in [0.05, 0.1) is 6.54 Å². The Bertz CT molecular complexity index is 424. The Labute approximate surface area is 121 Å². The van der Waals surface area contributed by atoms with Crippen LogP contribution in [0.4, 0.5) is 0 Å². The topological polar surface area (TPSA) is 46.0 Å². The maximum Gasteiger partial charge on any atom is 0.141 e. The van der Waals surface area contributed by atoms with Crippen molar-refractivity contribution >= 4 is 0 Å². The normalized spacial score (nSPS) is 24.4. The van der Waals surface area contributed by atoms with Crippen molar-refractivity contribution in [1.82, 2.24) is 25.0 Å². The summed E-state index contributed by atoms with van der Waals surface area (Å²) in [6.45, 7) is 7.61. The first-order valence-electron chi connectivity index (χ1n) is 8.10. The van der Waals surface area contributed by atoms with Gasteiger partial charge in [-0.2, -0.15) is 5.10 Å². The predicted octanol–water partition coefficient (Wildman–Crippen LogP) is 1.97. The molecular formula is C15H27N5. The Morgan fingerprint density at radius 2 is 2.15 bits per heavy atom. The molecule has 0 spiro atoms. The molecule has 112 valence electrons. The van der Waals surface area contributed by atoms with Crippen LogP contribution in [0.3, 0.4) is 0 Å². The second kappa shape index (κ2) is 6.22. The minimum atomic E-state index is 0.389. The van der Waals surface area contributed by atoms with E-state index in [0.717, 1.165) is 25.0 Å². The van der Waals surface area contributed by atoms with Gasteiger partial charge in [0.15, 0.2) is 0 Å². The van der Waals surface area contributed by atoms with Crippen molar-refractivity contribution in [2.45, 2.75) is 70.6 Å². The molecule has 1 aliphatic heterocycles. The van der Waals surface area contributed by atoms with Crippen molar-refractivity contribution in [3.63, 3.8) is 0 Å². The quantitative estimate of drug-likeness (QED) is 0.863. The molecule has 5 heteroatoms. The van der Waals surface area contributed by atoms with E-state index in [2.05, 4.69) is 38.8 Å². The van der Waals surface area contributed by atoms with Crippen molar-refractivity contribution < 1.29 is 0 Å². The smallest absolute Gasteiger partial charge is 0.141 e. The summed E-state index contributed by atoms with van der Waals surface area (Å²) in [5.41, 5.74) is 0. The lowest BCUT2D eigenvalue weighted by atomic mass is 10.0. The van der Waals surface area contributed by atoms with Crippen LogP contribution in [0, 0.1) is 0 Å². The van der Waals surface area contributed by atoms with Crippen molar-refractivity contribution in [2.75, 3.05) is 13.1 Å². The molecule has 0 radical (unpaired) electrons. The average Bonchev–Trinajstić information content (AvgIpc) is 3.15. The van der Waals surface area contributed by atoms with Gasteiger partial charge in [0.2, 0.25) is 0 Å². The highest BCUT2D eigenvalue weighted by atomic mass is 15.4. The second-order valence-corrected chi connectivity index (χ2v) is 6.52. The van der Waals surface area contributed by atoms with Gasteiger partial charge in [-0.3, -0.25) is 4.90 Å².